The lowest BCUT2D eigenvalue weighted by Gasteiger charge is -2.49. The minimum absolute atomic E-state index is 0.0648. The van der Waals surface area contributed by atoms with Crippen molar-refractivity contribution in [1.29, 1.82) is 0 Å². The highest BCUT2D eigenvalue weighted by atomic mass is 31.2. The molecule has 1 aromatic rings. The van der Waals surface area contributed by atoms with Gasteiger partial charge in [0.15, 0.2) is 0 Å². The van der Waals surface area contributed by atoms with Crippen molar-refractivity contribution in [3.63, 3.8) is 0 Å². The highest BCUT2D eigenvalue weighted by Gasteiger charge is 2.56. The lowest BCUT2D eigenvalue weighted by Crippen LogP contribution is -2.41. The molecule has 0 aliphatic heterocycles. The van der Waals surface area contributed by atoms with Crippen LogP contribution in [0.5, 0.6) is 0 Å². The van der Waals surface area contributed by atoms with Gasteiger partial charge in [0.05, 0.1) is 40.7 Å². The first-order valence-corrected chi connectivity index (χ1v) is 19.8. The van der Waals surface area contributed by atoms with Crippen molar-refractivity contribution in [3.8, 4) is 0 Å². The predicted molar refractivity (Wildman–Crippen MR) is 177 cm³/mol. The van der Waals surface area contributed by atoms with Crippen LogP contribution in [-0.2, 0) is 4.79 Å². The summed E-state index contributed by atoms with van der Waals surface area (Å²) in [5, 5.41) is 34.1. The van der Waals surface area contributed by atoms with Crippen molar-refractivity contribution >= 4 is 18.9 Å². The third-order valence-electron chi connectivity index (χ3n) is 11.1. The summed E-state index contributed by atoms with van der Waals surface area (Å²) in [6.45, 7) is -0.405. The molecule has 4 rings (SSSR count). The first-order valence-electron chi connectivity index (χ1n) is 17.7. The number of nitro groups is 1. The number of carbonyl (C=O) groups is 1. The molecule has 7 nitrogen and oxygen atoms in total. The summed E-state index contributed by atoms with van der Waals surface area (Å²) in [6.07, 6.45) is 28.7. The van der Waals surface area contributed by atoms with Gasteiger partial charge in [-0.05, 0) is 114 Å². The number of benzene rings is 1. The molecule has 3 saturated carbocycles. The first-order chi connectivity index (χ1) is 21.0. The fourth-order valence-corrected chi connectivity index (χ4v) is 16.5. The van der Waals surface area contributed by atoms with E-state index in [1.807, 2.05) is 0 Å². The molecule has 1 amide bonds. The van der Waals surface area contributed by atoms with E-state index in [-0.39, 0.29) is 11.6 Å². The molecule has 0 heterocycles. The summed E-state index contributed by atoms with van der Waals surface area (Å²) < 4.78 is 0. The maximum Gasteiger partial charge on any atom is 0.269 e. The molecule has 2 atom stereocenters. The number of nitro benzene ring substituents is 1. The largest absolute Gasteiger partial charge is 0.394 e. The van der Waals surface area contributed by atoms with Crippen LogP contribution in [0.25, 0.3) is 0 Å². The second kappa shape index (κ2) is 17.8. The lowest BCUT2D eigenvalue weighted by molar-refractivity contribution is -0.384. The van der Waals surface area contributed by atoms with Crippen LogP contribution < -0.4 is 5.32 Å². The van der Waals surface area contributed by atoms with Gasteiger partial charge >= 0.3 is 0 Å². The van der Waals surface area contributed by atoms with E-state index in [4.69, 9.17) is 0 Å². The third-order valence-corrected chi connectivity index (χ3v) is 17.8. The second-order valence-electron chi connectivity index (χ2n) is 13.8. The average molecular weight is 618 g/mol. The molecule has 3 aliphatic rings. The van der Waals surface area contributed by atoms with Crippen molar-refractivity contribution in [3.05, 3.63) is 39.9 Å². The van der Waals surface area contributed by atoms with Crippen LogP contribution >= 0.6 is 7.26 Å². The molecule has 3 N–H and O–H groups in total. The molecule has 0 aromatic heterocycles. The number of nitrogens with zero attached hydrogens (tertiary/aromatic N) is 1. The van der Waals surface area contributed by atoms with Gasteiger partial charge in [-0.15, -0.1) is 0 Å². The number of aliphatic hydroxyl groups is 2. The number of non-ortho nitro benzene ring substituents is 1. The zero-order chi connectivity index (χ0) is 30.5. The maximum absolute atomic E-state index is 12.6. The Bertz CT molecular complexity index is 925. The zero-order valence-corrected chi connectivity index (χ0v) is 27.4. The number of hydrogen-bond acceptors (Lipinski definition) is 5. The van der Waals surface area contributed by atoms with Crippen LogP contribution in [0.15, 0.2) is 24.3 Å². The van der Waals surface area contributed by atoms with Gasteiger partial charge in [-0.3, -0.25) is 14.9 Å². The zero-order valence-electron chi connectivity index (χ0n) is 26.5. The number of hydrogen-bond donors (Lipinski definition) is 3. The number of aliphatic hydroxyl groups excluding tert-OH is 2. The van der Waals surface area contributed by atoms with E-state index in [1.165, 1.54) is 146 Å². The summed E-state index contributed by atoms with van der Waals surface area (Å²) in [4.78, 5) is 23.0. The molecular formula is C35H58N2O5P+. The van der Waals surface area contributed by atoms with Crippen molar-refractivity contribution in [2.24, 2.45) is 0 Å². The van der Waals surface area contributed by atoms with E-state index in [0.717, 1.165) is 29.8 Å². The van der Waals surface area contributed by atoms with E-state index in [0.29, 0.717) is 12.0 Å². The number of rotatable bonds is 16. The standard InChI is InChI=1S/C35H57N2O5P/c38-27-33(35(40)28-22-24-29(25-23-28)37(41)42)36-34(39)21-13-2-1-3-14-26-43(30-15-7-4-8-16-30,31-17-9-5-10-18-31)32-19-11-6-12-20-32/h22-25,30-33,35,38,40H,1-21,26-27H2/p+1/t33-,35-/m1/s1. The summed E-state index contributed by atoms with van der Waals surface area (Å²) in [5.74, 6) is -0.170. The van der Waals surface area contributed by atoms with Crippen LogP contribution in [0.2, 0.25) is 0 Å². The molecule has 43 heavy (non-hydrogen) atoms. The van der Waals surface area contributed by atoms with Gasteiger partial charge in [-0.2, -0.15) is 0 Å². The number of carbonyl (C=O) groups excluding carboxylic acids is 1. The van der Waals surface area contributed by atoms with Gasteiger partial charge < -0.3 is 15.5 Å². The Morgan fingerprint density at radius 3 is 1.72 bits per heavy atom. The van der Waals surface area contributed by atoms with Gasteiger partial charge in [-0.1, -0.05) is 32.1 Å². The molecule has 0 spiro atoms. The molecule has 0 bridgehead atoms. The Hall–Kier alpha value is -1.56. The van der Waals surface area contributed by atoms with E-state index in [9.17, 15) is 25.1 Å². The first kappa shape index (κ1) is 34.3. The minimum atomic E-state index is -1.13. The lowest BCUT2D eigenvalue weighted by atomic mass is 9.99. The Morgan fingerprint density at radius 1 is 0.791 bits per heavy atom. The SMILES string of the molecule is O=C(CCCCCCC[P+](C1CCCCC1)(C1CCCCC1)C1CCCCC1)N[C@H](CO)[C@H](O)c1ccc([N+](=O)[O-])cc1. The van der Waals surface area contributed by atoms with Crippen LogP contribution in [0.1, 0.15) is 147 Å². The Morgan fingerprint density at radius 2 is 1.26 bits per heavy atom. The Kier molecular flexibility index (Phi) is 14.2. The topological polar surface area (TPSA) is 113 Å². The van der Waals surface area contributed by atoms with Gasteiger partial charge in [0, 0.05) is 25.8 Å². The fraction of sp³-hybridized carbons (Fsp3) is 0.800. The fourth-order valence-electron chi connectivity index (χ4n) is 8.86. The van der Waals surface area contributed by atoms with Gasteiger partial charge in [0.25, 0.3) is 5.69 Å². The molecule has 0 saturated heterocycles. The van der Waals surface area contributed by atoms with Crippen LogP contribution in [-0.4, -0.2) is 56.8 Å². The number of unbranched alkanes of at least 4 members (excludes halogenated alkanes) is 4. The highest BCUT2D eigenvalue weighted by Crippen LogP contribution is 2.77. The Labute approximate surface area is 260 Å². The van der Waals surface area contributed by atoms with E-state index < -0.39 is 30.9 Å². The smallest absolute Gasteiger partial charge is 0.269 e. The van der Waals surface area contributed by atoms with Crippen LogP contribution in [0, 0.1) is 10.1 Å². The van der Waals surface area contributed by atoms with E-state index in [1.54, 1.807) is 0 Å². The highest BCUT2D eigenvalue weighted by molar-refractivity contribution is 7.77. The molecule has 242 valence electrons. The van der Waals surface area contributed by atoms with Crippen LogP contribution in [0.3, 0.4) is 0 Å². The second-order valence-corrected chi connectivity index (χ2v) is 18.4. The van der Waals surface area contributed by atoms with Gasteiger partial charge in [0.1, 0.15) is 6.10 Å². The Balaban J connectivity index is 1.23. The molecule has 0 radical (unpaired) electrons. The minimum Gasteiger partial charge on any atom is -0.394 e. The monoisotopic (exact) mass is 617 g/mol. The van der Waals surface area contributed by atoms with Gasteiger partial charge in [0.2, 0.25) is 5.91 Å². The van der Waals surface area contributed by atoms with Crippen molar-refractivity contribution in [2.75, 3.05) is 12.8 Å². The molecule has 3 aliphatic carbocycles. The van der Waals surface area contributed by atoms with Crippen molar-refractivity contribution in [2.45, 2.75) is 164 Å². The summed E-state index contributed by atoms with van der Waals surface area (Å²) in [6, 6.07) is 4.72. The summed E-state index contributed by atoms with van der Waals surface area (Å²) >= 11 is 0. The van der Waals surface area contributed by atoms with E-state index in [2.05, 4.69) is 5.32 Å². The molecule has 1 aromatic carbocycles. The van der Waals surface area contributed by atoms with E-state index >= 15 is 0 Å². The third kappa shape index (κ3) is 9.47. The molecule has 0 unspecified atom stereocenters. The number of amides is 1. The normalized spacial score (nSPS) is 20.9. The molecule has 8 heteroatoms. The summed E-state index contributed by atoms with van der Waals surface area (Å²) in [5.41, 5.74) is 3.52. The van der Waals surface area contributed by atoms with Gasteiger partial charge in [-0.25, -0.2) is 0 Å². The summed E-state index contributed by atoms with van der Waals surface area (Å²) in [7, 11) is -1.00. The number of nitrogens with one attached hydrogen (secondary N) is 1. The predicted octanol–water partition coefficient (Wildman–Crippen LogP) is 8.46. The maximum atomic E-state index is 12.6. The molecular weight excluding hydrogens is 559 g/mol. The van der Waals surface area contributed by atoms with Crippen molar-refractivity contribution in [1.82, 2.24) is 5.32 Å². The van der Waals surface area contributed by atoms with Crippen LogP contribution in [0.4, 0.5) is 5.69 Å². The van der Waals surface area contributed by atoms with Crippen molar-refractivity contribution < 1.29 is 19.9 Å². The average Bonchev–Trinajstić information content (AvgIpc) is 3.06. The molecule has 3 fully saturated rings. The quantitative estimate of drug-likeness (QED) is 0.0745.